The molecule has 0 spiro atoms. The first-order valence-electron chi connectivity index (χ1n) is 7.77. The van der Waals surface area contributed by atoms with Crippen molar-refractivity contribution >= 4 is 11.6 Å². The first-order valence-corrected chi connectivity index (χ1v) is 7.77. The molecule has 0 aromatic heterocycles. The van der Waals surface area contributed by atoms with E-state index in [1.165, 1.54) is 17.7 Å². The second kappa shape index (κ2) is 7.88. The molecule has 0 fully saturated rings. The van der Waals surface area contributed by atoms with Crippen LogP contribution in [0.15, 0.2) is 48.5 Å². The summed E-state index contributed by atoms with van der Waals surface area (Å²) in [4.78, 5) is 13.9. The fourth-order valence-electron chi connectivity index (χ4n) is 2.39. The monoisotopic (exact) mass is 314 g/mol. The summed E-state index contributed by atoms with van der Waals surface area (Å²) in [6.45, 7) is 5.27. The van der Waals surface area contributed by atoms with Crippen molar-refractivity contribution in [1.29, 1.82) is 0 Å². The molecule has 0 saturated carbocycles. The Kier molecular flexibility index (Phi) is 5.88. The van der Waals surface area contributed by atoms with Gasteiger partial charge < -0.3 is 5.32 Å². The molecule has 2 rings (SSSR count). The highest BCUT2D eigenvalue weighted by Gasteiger charge is 2.08. The first-order chi connectivity index (χ1) is 10.9. The van der Waals surface area contributed by atoms with Crippen molar-refractivity contribution in [1.82, 2.24) is 4.90 Å². The molecule has 23 heavy (non-hydrogen) atoms. The van der Waals surface area contributed by atoms with E-state index in [2.05, 4.69) is 43.4 Å². The van der Waals surface area contributed by atoms with E-state index < -0.39 is 0 Å². The van der Waals surface area contributed by atoms with E-state index in [0.717, 1.165) is 5.56 Å². The number of carbonyl (C=O) groups is 1. The van der Waals surface area contributed by atoms with Crippen LogP contribution in [0.4, 0.5) is 10.1 Å². The van der Waals surface area contributed by atoms with Crippen LogP contribution in [0.1, 0.15) is 30.9 Å². The Morgan fingerprint density at radius 2 is 1.87 bits per heavy atom. The van der Waals surface area contributed by atoms with Crippen LogP contribution < -0.4 is 5.32 Å². The van der Waals surface area contributed by atoms with E-state index in [0.29, 0.717) is 18.2 Å². The Balaban J connectivity index is 1.86. The van der Waals surface area contributed by atoms with Crippen LogP contribution >= 0.6 is 0 Å². The van der Waals surface area contributed by atoms with Gasteiger partial charge in [-0.05, 0) is 42.3 Å². The van der Waals surface area contributed by atoms with Crippen LogP contribution in [0, 0.1) is 5.82 Å². The van der Waals surface area contributed by atoms with E-state index in [1.807, 2.05) is 11.9 Å². The molecule has 0 aliphatic rings. The van der Waals surface area contributed by atoms with Gasteiger partial charge in [-0.15, -0.1) is 0 Å². The Morgan fingerprint density at radius 3 is 2.48 bits per heavy atom. The molecular formula is C19H23FN2O. The van der Waals surface area contributed by atoms with Gasteiger partial charge >= 0.3 is 0 Å². The van der Waals surface area contributed by atoms with Gasteiger partial charge in [0.15, 0.2) is 0 Å². The van der Waals surface area contributed by atoms with E-state index in [9.17, 15) is 9.18 Å². The summed E-state index contributed by atoms with van der Waals surface area (Å²) < 4.78 is 13.1. The molecule has 0 radical (unpaired) electrons. The second-order valence-corrected chi connectivity index (χ2v) is 6.13. The Labute approximate surface area is 137 Å². The zero-order valence-corrected chi connectivity index (χ0v) is 13.8. The lowest BCUT2D eigenvalue weighted by molar-refractivity contribution is -0.117. The quantitative estimate of drug-likeness (QED) is 0.873. The first kappa shape index (κ1) is 17.2. The molecule has 0 aliphatic carbocycles. The van der Waals surface area contributed by atoms with Crippen LogP contribution in [0.3, 0.4) is 0 Å². The summed E-state index contributed by atoms with van der Waals surface area (Å²) in [6, 6.07) is 14.3. The van der Waals surface area contributed by atoms with E-state index in [1.54, 1.807) is 12.1 Å². The molecule has 1 N–H and O–H groups in total. The summed E-state index contributed by atoms with van der Waals surface area (Å²) in [5.41, 5.74) is 2.94. The third kappa shape index (κ3) is 5.49. The third-order valence-corrected chi connectivity index (χ3v) is 3.62. The maximum absolute atomic E-state index is 13.1. The Hall–Kier alpha value is -2.20. The maximum atomic E-state index is 13.1. The average Bonchev–Trinajstić information content (AvgIpc) is 2.47. The van der Waals surface area contributed by atoms with Gasteiger partial charge in [0.1, 0.15) is 5.82 Å². The standard InChI is InChI=1S/C19H23FN2O/c1-14(2)16-9-7-15(8-10-16)12-22(3)13-19(23)21-18-6-4-5-17(20)11-18/h4-11,14H,12-13H2,1-3H3,(H,21,23). The predicted octanol–water partition coefficient (Wildman–Crippen LogP) is 4.02. The number of carbonyl (C=O) groups excluding carboxylic acids is 1. The van der Waals surface area contributed by atoms with Gasteiger partial charge in [0.05, 0.1) is 6.54 Å². The normalized spacial score (nSPS) is 11.0. The second-order valence-electron chi connectivity index (χ2n) is 6.13. The molecule has 0 unspecified atom stereocenters. The molecule has 3 nitrogen and oxygen atoms in total. The predicted molar refractivity (Wildman–Crippen MR) is 91.9 cm³/mol. The molecule has 122 valence electrons. The van der Waals surface area contributed by atoms with Crippen LogP contribution in [0.2, 0.25) is 0 Å². The minimum absolute atomic E-state index is 0.156. The Bertz CT molecular complexity index is 653. The molecule has 0 atom stereocenters. The lowest BCUT2D eigenvalue weighted by Gasteiger charge is -2.17. The van der Waals surface area contributed by atoms with Gasteiger partial charge in [0, 0.05) is 12.2 Å². The van der Waals surface area contributed by atoms with Gasteiger partial charge in [-0.25, -0.2) is 4.39 Å². The number of amides is 1. The van der Waals surface area contributed by atoms with Crippen LogP contribution in [0.25, 0.3) is 0 Å². The van der Waals surface area contributed by atoms with Gasteiger partial charge in [0.2, 0.25) is 5.91 Å². The fraction of sp³-hybridized carbons (Fsp3) is 0.316. The molecule has 1 amide bonds. The fourth-order valence-corrected chi connectivity index (χ4v) is 2.39. The maximum Gasteiger partial charge on any atom is 0.238 e. The molecule has 4 heteroatoms. The number of hydrogen-bond donors (Lipinski definition) is 1. The Morgan fingerprint density at radius 1 is 1.17 bits per heavy atom. The van der Waals surface area contributed by atoms with E-state index in [4.69, 9.17) is 0 Å². The summed E-state index contributed by atoms with van der Waals surface area (Å²) >= 11 is 0. The zero-order chi connectivity index (χ0) is 16.8. The largest absolute Gasteiger partial charge is 0.325 e. The highest BCUT2D eigenvalue weighted by atomic mass is 19.1. The van der Waals surface area contributed by atoms with Gasteiger partial charge in [-0.3, -0.25) is 9.69 Å². The number of nitrogens with zero attached hydrogens (tertiary/aromatic N) is 1. The van der Waals surface area contributed by atoms with Crippen molar-refractivity contribution in [2.45, 2.75) is 26.3 Å². The SMILES string of the molecule is CC(C)c1ccc(CN(C)CC(=O)Nc2cccc(F)c2)cc1. The highest BCUT2D eigenvalue weighted by Crippen LogP contribution is 2.15. The molecule has 0 saturated heterocycles. The van der Waals surface area contributed by atoms with Crippen molar-refractivity contribution in [3.63, 3.8) is 0 Å². The molecule has 2 aromatic rings. The number of benzene rings is 2. The molecule has 0 aliphatic heterocycles. The smallest absolute Gasteiger partial charge is 0.238 e. The molecular weight excluding hydrogens is 291 g/mol. The van der Waals surface area contributed by atoms with E-state index in [-0.39, 0.29) is 18.3 Å². The number of nitrogens with one attached hydrogen (secondary N) is 1. The number of hydrogen-bond acceptors (Lipinski definition) is 2. The number of halogens is 1. The van der Waals surface area contributed by atoms with E-state index >= 15 is 0 Å². The summed E-state index contributed by atoms with van der Waals surface area (Å²) in [6.07, 6.45) is 0. The lowest BCUT2D eigenvalue weighted by atomic mass is 10.0. The van der Waals surface area contributed by atoms with Crippen molar-refractivity contribution < 1.29 is 9.18 Å². The van der Waals surface area contributed by atoms with Crippen LogP contribution in [-0.4, -0.2) is 24.4 Å². The van der Waals surface area contributed by atoms with Gasteiger partial charge in [0.25, 0.3) is 0 Å². The summed E-state index contributed by atoms with van der Waals surface area (Å²) in [5, 5.41) is 2.70. The van der Waals surface area contributed by atoms with Crippen LogP contribution in [-0.2, 0) is 11.3 Å². The van der Waals surface area contributed by atoms with Crippen molar-refractivity contribution in [2.75, 3.05) is 18.9 Å². The van der Waals surface area contributed by atoms with Gasteiger partial charge in [-0.2, -0.15) is 0 Å². The lowest BCUT2D eigenvalue weighted by Crippen LogP contribution is -2.29. The zero-order valence-electron chi connectivity index (χ0n) is 13.8. The third-order valence-electron chi connectivity index (χ3n) is 3.62. The minimum Gasteiger partial charge on any atom is -0.325 e. The van der Waals surface area contributed by atoms with Crippen molar-refractivity contribution in [2.24, 2.45) is 0 Å². The summed E-state index contributed by atoms with van der Waals surface area (Å²) in [7, 11) is 1.89. The average molecular weight is 314 g/mol. The van der Waals surface area contributed by atoms with Crippen LogP contribution in [0.5, 0.6) is 0 Å². The summed E-state index contributed by atoms with van der Waals surface area (Å²) in [5.74, 6) is -0.00266. The number of anilines is 1. The molecule has 2 aromatic carbocycles. The topological polar surface area (TPSA) is 32.3 Å². The van der Waals surface area contributed by atoms with Crippen molar-refractivity contribution in [3.8, 4) is 0 Å². The van der Waals surface area contributed by atoms with Gasteiger partial charge in [-0.1, -0.05) is 44.2 Å². The number of rotatable bonds is 6. The molecule has 0 bridgehead atoms. The minimum atomic E-state index is -0.360. The van der Waals surface area contributed by atoms with Crippen molar-refractivity contribution in [3.05, 3.63) is 65.5 Å². The highest BCUT2D eigenvalue weighted by molar-refractivity contribution is 5.92. The number of likely N-dealkylation sites (N-methyl/N-ethyl adjacent to an activating group) is 1. The molecule has 0 heterocycles.